The Kier molecular flexibility index (Phi) is 7.70. The Morgan fingerprint density at radius 2 is 1.88 bits per heavy atom. The van der Waals surface area contributed by atoms with Gasteiger partial charge in [0.05, 0.1) is 17.8 Å². The van der Waals surface area contributed by atoms with Crippen LogP contribution in [-0.4, -0.2) is 53.3 Å². The highest BCUT2D eigenvalue weighted by Crippen LogP contribution is 2.33. The largest absolute Gasteiger partial charge is 0.352 e. The van der Waals surface area contributed by atoms with Gasteiger partial charge in [0.2, 0.25) is 5.91 Å². The number of fused-ring (bicyclic) bond motifs is 2. The maximum absolute atomic E-state index is 13.4. The van der Waals surface area contributed by atoms with E-state index in [2.05, 4.69) is 12.2 Å². The average Bonchev–Trinajstić information content (AvgIpc) is 3.31. The molecule has 0 radical (unpaired) electrons. The van der Waals surface area contributed by atoms with Gasteiger partial charge in [-0.1, -0.05) is 31.2 Å². The molecule has 0 unspecified atom stereocenters. The molecule has 6 nitrogen and oxygen atoms in total. The van der Waals surface area contributed by atoms with Crippen molar-refractivity contribution in [2.75, 3.05) is 29.5 Å². The summed E-state index contributed by atoms with van der Waals surface area (Å²) in [4.78, 5) is 42.3. The standard InChI is InChI=1S/C26H31N3O3S/c1-2-16-33-17-6-14-27-24(30)20-12-10-19(11-13-20)18-29-22-8-4-3-7-21(22)25(31)28-15-5-9-23(28)26(29)32/h3-4,7-8,10-13,23H,2,5-6,9,14-18H2,1H3,(H,27,30)/t23-/m1/s1. The summed E-state index contributed by atoms with van der Waals surface area (Å²) < 4.78 is 0. The molecule has 2 aliphatic heterocycles. The number of hydrogen-bond acceptors (Lipinski definition) is 4. The second-order valence-corrected chi connectivity index (χ2v) is 9.74. The van der Waals surface area contributed by atoms with E-state index >= 15 is 0 Å². The summed E-state index contributed by atoms with van der Waals surface area (Å²) in [5.41, 5.74) is 2.76. The first-order chi connectivity index (χ1) is 16.1. The third-order valence-corrected chi connectivity index (χ3v) is 7.42. The molecule has 1 fully saturated rings. The van der Waals surface area contributed by atoms with Gasteiger partial charge in [-0.05, 0) is 67.0 Å². The van der Waals surface area contributed by atoms with Crippen molar-refractivity contribution in [3.8, 4) is 0 Å². The van der Waals surface area contributed by atoms with Crippen LogP contribution in [0.25, 0.3) is 0 Å². The molecule has 7 heteroatoms. The highest BCUT2D eigenvalue weighted by Gasteiger charge is 2.41. The predicted octanol–water partition coefficient (Wildman–Crippen LogP) is 4.10. The zero-order chi connectivity index (χ0) is 23.2. The highest BCUT2D eigenvalue weighted by atomic mass is 32.2. The Morgan fingerprint density at radius 3 is 2.67 bits per heavy atom. The molecule has 0 aliphatic carbocycles. The van der Waals surface area contributed by atoms with Crippen molar-refractivity contribution < 1.29 is 14.4 Å². The van der Waals surface area contributed by atoms with Crippen LogP contribution in [0, 0.1) is 0 Å². The van der Waals surface area contributed by atoms with Crippen LogP contribution in [0.4, 0.5) is 5.69 Å². The number of nitrogens with zero attached hydrogens (tertiary/aromatic N) is 2. The monoisotopic (exact) mass is 465 g/mol. The van der Waals surface area contributed by atoms with Crippen LogP contribution in [0.1, 0.15) is 58.9 Å². The summed E-state index contributed by atoms with van der Waals surface area (Å²) in [6.07, 6.45) is 3.68. The van der Waals surface area contributed by atoms with E-state index in [1.54, 1.807) is 28.0 Å². The molecule has 0 aromatic heterocycles. The molecule has 1 saturated heterocycles. The molecule has 1 atom stereocenters. The normalized spacial score (nSPS) is 17.5. The zero-order valence-corrected chi connectivity index (χ0v) is 19.9. The van der Waals surface area contributed by atoms with Gasteiger partial charge in [-0.2, -0.15) is 11.8 Å². The van der Waals surface area contributed by atoms with E-state index in [1.807, 2.05) is 42.1 Å². The fourth-order valence-electron chi connectivity index (χ4n) is 4.44. The average molecular weight is 466 g/mol. The smallest absolute Gasteiger partial charge is 0.256 e. The van der Waals surface area contributed by atoms with Gasteiger partial charge in [-0.25, -0.2) is 0 Å². The number of anilines is 1. The number of amides is 3. The van der Waals surface area contributed by atoms with Gasteiger partial charge in [-0.3, -0.25) is 14.4 Å². The number of benzene rings is 2. The molecule has 3 amide bonds. The van der Waals surface area contributed by atoms with Crippen molar-refractivity contribution in [3.05, 3.63) is 65.2 Å². The molecule has 1 N–H and O–H groups in total. The van der Waals surface area contributed by atoms with Crippen molar-refractivity contribution in [3.63, 3.8) is 0 Å². The van der Waals surface area contributed by atoms with E-state index in [1.165, 1.54) is 6.42 Å². The summed E-state index contributed by atoms with van der Waals surface area (Å²) in [6.45, 7) is 3.83. The van der Waals surface area contributed by atoms with Gasteiger partial charge in [0.25, 0.3) is 11.8 Å². The van der Waals surface area contributed by atoms with Gasteiger partial charge in [-0.15, -0.1) is 0 Å². The van der Waals surface area contributed by atoms with Crippen LogP contribution in [0.2, 0.25) is 0 Å². The Labute approximate surface area is 199 Å². The Balaban J connectivity index is 1.44. The second kappa shape index (κ2) is 10.9. The molecule has 0 spiro atoms. The topological polar surface area (TPSA) is 69.7 Å². The van der Waals surface area contributed by atoms with E-state index in [0.717, 1.165) is 29.9 Å². The van der Waals surface area contributed by atoms with Crippen LogP contribution >= 0.6 is 11.8 Å². The molecule has 2 aromatic rings. The first-order valence-corrected chi connectivity index (χ1v) is 12.9. The minimum absolute atomic E-state index is 0.0337. The van der Waals surface area contributed by atoms with Crippen LogP contribution in [0.15, 0.2) is 48.5 Å². The van der Waals surface area contributed by atoms with Crippen LogP contribution in [0.3, 0.4) is 0 Å². The lowest BCUT2D eigenvalue weighted by atomic mass is 10.1. The van der Waals surface area contributed by atoms with Crippen molar-refractivity contribution >= 4 is 35.2 Å². The van der Waals surface area contributed by atoms with Crippen molar-refractivity contribution in [1.82, 2.24) is 10.2 Å². The Hall–Kier alpha value is -2.80. The van der Waals surface area contributed by atoms with Crippen LogP contribution in [0.5, 0.6) is 0 Å². The molecule has 2 aliphatic rings. The molecule has 2 heterocycles. The highest BCUT2D eigenvalue weighted by molar-refractivity contribution is 7.99. The molecular formula is C26H31N3O3S. The lowest BCUT2D eigenvalue weighted by Crippen LogP contribution is -2.44. The van der Waals surface area contributed by atoms with Crippen molar-refractivity contribution in [2.24, 2.45) is 0 Å². The molecule has 4 rings (SSSR count). The first kappa shape index (κ1) is 23.4. The van der Waals surface area contributed by atoms with E-state index in [9.17, 15) is 14.4 Å². The SMILES string of the molecule is CCCSCCCNC(=O)c1ccc(CN2C(=O)[C@H]3CCCN3C(=O)c3ccccc32)cc1. The lowest BCUT2D eigenvalue weighted by molar-refractivity contribution is -0.122. The van der Waals surface area contributed by atoms with E-state index in [0.29, 0.717) is 42.9 Å². The summed E-state index contributed by atoms with van der Waals surface area (Å²) >= 11 is 1.91. The first-order valence-electron chi connectivity index (χ1n) is 11.8. The summed E-state index contributed by atoms with van der Waals surface area (Å²) in [7, 11) is 0. The van der Waals surface area contributed by atoms with E-state index in [4.69, 9.17) is 0 Å². The van der Waals surface area contributed by atoms with Gasteiger partial charge < -0.3 is 15.1 Å². The number of rotatable bonds is 9. The summed E-state index contributed by atoms with van der Waals surface area (Å²) in [5.74, 6) is 2.04. The van der Waals surface area contributed by atoms with E-state index < -0.39 is 6.04 Å². The number of thioether (sulfide) groups is 1. The maximum Gasteiger partial charge on any atom is 0.256 e. The van der Waals surface area contributed by atoms with Gasteiger partial charge in [0.15, 0.2) is 0 Å². The minimum Gasteiger partial charge on any atom is -0.352 e. The minimum atomic E-state index is -0.398. The third-order valence-electron chi connectivity index (χ3n) is 6.15. The van der Waals surface area contributed by atoms with Gasteiger partial charge in [0, 0.05) is 18.7 Å². The Morgan fingerprint density at radius 1 is 1.09 bits per heavy atom. The number of carbonyl (C=O) groups excluding carboxylic acids is 3. The lowest BCUT2D eigenvalue weighted by Gasteiger charge is -2.26. The van der Waals surface area contributed by atoms with Crippen LogP contribution in [-0.2, 0) is 11.3 Å². The fraction of sp³-hybridized carbons (Fsp3) is 0.423. The van der Waals surface area contributed by atoms with Gasteiger partial charge in [0.1, 0.15) is 6.04 Å². The number of hydrogen-bond donors (Lipinski definition) is 1. The fourth-order valence-corrected chi connectivity index (χ4v) is 5.28. The van der Waals surface area contributed by atoms with Crippen LogP contribution < -0.4 is 10.2 Å². The molecule has 0 saturated carbocycles. The number of carbonyl (C=O) groups is 3. The number of nitrogens with one attached hydrogen (secondary N) is 1. The predicted molar refractivity (Wildman–Crippen MR) is 133 cm³/mol. The van der Waals surface area contributed by atoms with Crippen molar-refractivity contribution in [1.29, 1.82) is 0 Å². The maximum atomic E-state index is 13.4. The molecule has 33 heavy (non-hydrogen) atoms. The Bertz CT molecular complexity index is 1010. The molecule has 2 aromatic carbocycles. The molecule has 0 bridgehead atoms. The van der Waals surface area contributed by atoms with E-state index in [-0.39, 0.29) is 17.7 Å². The third kappa shape index (κ3) is 5.24. The quantitative estimate of drug-likeness (QED) is 0.566. The summed E-state index contributed by atoms with van der Waals surface area (Å²) in [5, 5.41) is 2.98. The van der Waals surface area contributed by atoms with Gasteiger partial charge >= 0.3 is 0 Å². The van der Waals surface area contributed by atoms with Crippen molar-refractivity contribution in [2.45, 2.75) is 45.2 Å². The summed E-state index contributed by atoms with van der Waals surface area (Å²) in [6, 6.07) is 14.3. The molecule has 174 valence electrons. The number of para-hydroxylation sites is 1. The second-order valence-electron chi connectivity index (χ2n) is 8.52. The molecular weight excluding hydrogens is 434 g/mol. The zero-order valence-electron chi connectivity index (χ0n) is 19.1.